The molecular weight excluding hydrogens is 310 g/mol. The van der Waals surface area contributed by atoms with Crippen LogP contribution in [0.3, 0.4) is 0 Å². The summed E-state index contributed by atoms with van der Waals surface area (Å²) in [6, 6.07) is 18.1. The van der Waals surface area contributed by atoms with Crippen molar-refractivity contribution < 1.29 is 4.79 Å². The van der Waals surface area contributed by atoms with E-state index in [0.717, 1.165) is 42.6 Å². The Hall–Kier alpha value is -3.01. The predicted octanol–water partition coefficient (Wildman–Crippen LogP) is 3.60. The van der Waals surface area contributed by atoms with E-state index in [4.69, 9.17) is 0 Å². The van der Waals surface area contributed by atoms with Gasteiger partial charge in [-0.15, -0.1) is 0 Å². The number of hydrogen-bond acceptors (Lipinski definition) is 2. The summed E-state index contributed by atoms with van der Waals surface area (Å²) in [6.45, 7) is 3.23. The lowest BCUT2D eigenvalue weighted by Gasteiger charge is -2.34. The maximum absolute atomic E-state index is 12.7. The number of carbonyl (C=O) groups excluding carboxylic acids is 1. The van der Waals surface area contributed by atoms with Crippen molar-refractivity contribution in [1.82, 2.24) is 14.8 Å². The SMILES string of the molecule is O=C(c1ccc2[nH]ccc2c1)N1CCN(C=Cc2ccccc2)CC1. The lowest BCUT2D eigenvalue weighted by atomic mass is 10.1. The average Bonchev–Trinajstić information content (AvgIpc) is 3.15. The molecule has 126 valence electrons. The highest BCUT2D eigenvalue weighted by Crippen LogP contribution is 2.17. The lowest BCUT2D eigenvalue weighted by molar-refractivity contribution is 0.0680. The molecule has 4 rings (SSSR count). The third kappa shape index (κ3) is 3.43. The van der Waals surface area contributed by atoms with Crippen molar-refractivity contribution in [3.63, 3.8) is 0 Å². The Morgan fingerprint density at radius 2 is 1.76 bits per heavy atom. The van der Waals surface area contributed by atoms with Gasteiger partial charge in [-0.05, 0) is 42.1 Å². The highest BCUT2D eigenvalue weighted by atomic mass is 16.2. The van der Waals surface area contributed by atoms with Crippen LogP contribution in [0.15, 0.2) is 67.0 Å². The van der Waals surface area contributed by atoms with Gasteiger partial charge in [0.2, 0.25) is 0 Å². The van der Waals surface area contributed by atoms with Gasteiger partial charge in [0.05, 0.1) is 0 Å². The minimum Gasteiger partial charge on any atom is -0.374 e. The number of nitrogens with one attached hydrogen (secondary N) is 1. The van der Waals surface area contributed by atoms with Crippen LogP contribution >= 0.6 is 0 Å². The molecule has 4 heteroatoms. The van der Waals surface area contributed by atoms with Gasteiger partial charge in [-0.2, -0.15) is 0 Å². The number of rotatable bonds is 3. The standard InChI is InChI=1S/C21H21N3O/c25-21(19-6-7-20-18(16-19)8-10-22-20)24-14-12-23(13-15-24)11-9-17-4-2-1-3-5-17/h1-11,16,22H,12-15H2. The zero-order valence-electron chi connectivity index (χ0n) is 14.1. The van der Waals surface area contributed by atoms with Gasteiger partial charge in [-0.3, -0.25) is 4.79 Å². The highest BCUT2D eigenvalue weighted by molar-refractivity contribution is 5.98. The smallest absolute Gasteiger partial charge is 0.253 e. The van der Waals surface area contributed by atoms with E-state index >= 15 is 0 Å². The van der Waals surface area contributed by atoms with E-state index in [1.54, 1.807) is 0 Å². The summed E-state index contributed by atoms with van der Waals surface area (Å²) >= 11 is 0. The molecule has 0 radical (unpaired) electrons. The number of piperazine rings is 1. The number of aromatic amines is 1. The molecule has 0 spiro atoms. The maximum Gasteiger partial charge on any atom is 0.253 e. The second-order valence-electron chi connectivity index (χ2n) is 6.33. The zero-order chi connectivity index (χ0) is 17.1. The minimum absolute atomic E-state index is 0.120. The van der Waals surface area contributed by atoms with Crippen LogP contribution in [0.4, 0.5) is 0 Å². The molecule has 1 aliphatic rings. The zero-order valence-corrected chi connectivity index (χ0v) is 14.1. The molecule has 0 saturated carbocycles. The fourth-order valence-corrected chi connectivity index (χ4v) is 3.20. The fourth-order valence-electron chi connectivity index (χ4n) is 3.20. The van der Waals surface area contributed by atoms with E-state index < -0.39 is 0 Å². The molecule has 2 heterocycles. The Labute approximate surface area is 147 Å². The van der Waals surface area contributed by atoms with Gasteiger partial charge in [0.25, 0.3) is 5.91 Å². The Kier molecular flexibility index (Phi) is 4.25. The number of nitrogens with zero attached hydrogens (tertiary/aromatic N) is 2. The third-order valence-corrected chi connectivity index (χ3v) is 4.68. The van der Waals surface area contributed by atoms with Crippen LogP contribution in [0.5, 0.6) is 0 Å². The molecule has 1 amide bonds. The van der Waals surface area contributed by atoms with Crippen molar-refractivity contribution in [3.8, 4) is 0 Å². The van der Waals surface area contributed by atoms with Crippen molar-refractivity contribution in [3.05, 3.63) is 78.1 Å². The first-order valence-electron chi connectivity index (χ1n) is 8.63. The van der Waals surface area contributed by atoms with Gasteiger partial charge in [0, 0.05) is 48.8 Å². The molecule has 1 fully saturated rings. The number of H-pyrrole nitrogens is 1. The molecular formula is C21H21N3O. The molecule has 25 heavy (non-hydrogen) atoms. The van der Waals surface area contributed by atoms with E-state index in [2.05, 4.69) is 34.3 Å². The van der Waals surface area contributed by atoms with Crippen LogP contribution < -0.4 is 0 Å². The van der Waals surface area contributed by atoms with Crippen molar-refractivity contribution in [2.24, 2.45) is 0 Å². The maximum atomic E-state index is 12.7. The van der Waals surface area contributed by atoms with Gasteiger partial charge in [-0.1, -0.05) is 30.3 Å². The summed E-state index contributed by atoms with van der Waals surface area (Å²) in [5.74, 6) is 0.120. The summed E-state index contributed by atoms with van der Waals surface area (Å²) < 4.78 is 0. The number of fused-ring (bicyclic) bond motifs is 1. The van der Waals surface area contributed by atoms with Gasteiger partial charge < -0.3 is 14.8 Å². The van der Waals surface area contributed by atoms with Gasteiger partial charge >= 0.3 is 0 Å². The van der Waals surface area contributed by atoms with Crippen LogP contribution in [0.1, 0.15) is 15.9 Å². The first-order chi connectivity index (χ1) is 12.3. The molecule has 3 aromatic rings. The summed E-state index contributed by atoms with van der Waals surface area (Å²) in [5, 5.41) is 1.08. The quantitative estimate of drug-likeness (QED) is 0.796. The third-order valence-electron chi connectivity index (χ3n) is 4.68. The molecule has 0 aliphatic carbocycles. The molecule has 0 bridgehead atoms. The van der Waals surface area contributed by atoms with Gasteiger partial charge in [0.15, 0.2) is 0 Å². The topological polar surface area (TPSA) is 39.3 Å². The molecule has 1 saturated heterocycles. The predicted molar refractivity (Wildman–Crippen MR) is 101 cm³/mol. The number of amides is 1. The number of benzene rings is 2. The van der Waals surface area contributed by atoms with Crippen molar-refractivity contribution in [1.29, 1.82) is 0 Å². The number of hydrogen-bond donors (Lipinski definition) is 1. The van der Waals surface area contributed by atoms with Crippen molar-refractivity contribution in [2.45, 2.75) is 0 Å². The van der Waals surface area contributed by atoms with Gasteiger partial charge in [0.1, 0.15) is 0 Å². The second kappa shape index (κ2) is 6.85. The van der Waals surface area contributed by atoms with Crippen molar-refractivity contribution in [2.75, 3.05) is 26.2 Å². The Bertz CT molecular complexity index is 890. The summed E-state index contributed by atoms with van der Waals surface area (Å²) in [7, 11) is 0. The fraction of sp³-hybridized carbons (Fsp3) is 0.190. The number of aromatic nitrogens is 1. The van der Waals surface area contributed by atoms with Crippen LogP contribution in [0.25, 0.3) is 17.0 Å². The molecule has 0 unspecified atom stereocenters. The van der Waals surface area contributed by atoms with Gasteiger partial charge in [-0.25, -0.2) is 0 Å². The van der Waals surface area contributed by atoms with Crippen molar-refractivity contribution >= 4 is 22.9 Å². The van der Waals surface area contributed by atoms with E-state index in [1.807, 2.05) is 53.6 Å². The molecule has 2 aromatic carbocycles. The van der Waals surface area contributed by atoms with E-state index in [0.29, 0.717) is 0 Å². The average molecular weight is 331 g/mol. The van der Waals surface area contributed by atoms with E-state index in [9.17, 15) is 4.79 Å². The first-order valence-corrected chi connectivity index (χ1v) is 8.63. The summed E-state index contributed by atoms with van der Waals surface area (Å²) in [5.41, 5.74) is 3.02. The van der Waals surface area contributed by atoms with Crippen LogP contribution in [0.2, 0.25) is 0 Å². The molecule has 1 aromatic heterocycles. The minimum atomic E-state index is 0.120. The Morgan fingerprint density at radius 1 is 0.960 bits per heavy atom. The first kappa shape index (κ1) is 15.5. The molecule has 1 aliphatic heterocycles. The van der Waals surface area contributed by atoms with Crippen LogP contribution in [0, 0.1) is 0 Å². The largest absolute Gasteiger partial charge is 0.374 e. The van der Waals surface area contributed by atoms with Crippen LogP contribution in [-0.4, -0.2) is 46.9 Å². The number of carbonyl (C=O) groups is 1. The molecule has 1 N–H and O–H groups in total. The van der Waals surface area contributed by atoms with Crippen LogP contribution in [-0.2, 0) is 0 Å². The second-order valence-corrected chi connectivity index (χ2v) is 6.33. The highest BCUT2D eigenvalue weighted by Gasteiger charge is 2.20. The monoisotopic (exact) mass is 331 g/mol. The molecule has 4 nitrogen and oxygen atoms in total. The normalized spacial score (nSPS) is 15.2. The van der Waals surface area contributed by atoms with E-state index in [-0.39, 0.29) is 5.91 Å². The lowest BCUT2D eigenvalue weighted by Crippen LogP contribution is -2.46. The summed E-state index contributed by atoms with van der Waals surface area (Å²) in [6.07, 6.45) is 6.15. The Balaban J connectivity index is 1.38. The molecule has 0 atom stereocenters. The summed E-state index contributed by atoms with van der Waals surface area (Å²) in [4.78, 5) is 20.1. The van der Waals surface area contributed by atoms with E-state index in [1.165, 1.54) is 5.56 Å². The Morgan fingerprint density at radius 3 is 2.56 bits per heavy atom.